The van der Waals surface area contributed by atoms with Crippen molar-refractivity contribution in [3.8, 4) is 0 Å². The zero-order valence-corrected chi connectivity index (χ0v) is 13.2. The molecule has 2 amide bonds. The highest BCUT2D eigenvalue weighted by atomic mass is 32.2. The number of carboxylic acid groups (broad SMARTS) is 1. The number of carboxylic acids is 1. The number of piperidine rings is 1. The lowest BCUT2D eigenvalue weighted by Gasteiger charge is -2.33. The van der Waals surface area contributed by atoms with Gasteiger partial charge in [0.25, 0.3) is 0 Å². The Morgan fingerprint density at radius 3 is 2.90 bits per heavy atom. The van der Waals surface area contributed by atoms with Crippen molar-refractivity contribution in [3.05, 3.63) is 0 Å². The number of carbonyl (C=O) groups excluding carboxylic acids is 1. The number of thioether (sulfide) groups is 1. The minimum Gasteiger partial charge on any atom is -0.481 e. The van der Waals surface area contributed by atoms with Crippen molar-refractivity contribution in [1.29, 1.82) is 0 Å². The Labute approximate surface area is 125 Å². The lowest BCUT2D eigenvalue weighted by molar-refractivity contribution is -0.138. The molecule has 5 nitrogen and oxygen atoms in total. The van der Waals surface area contributed by atoms with E-state index in [0.29, 0.717) is 6.54 Å². The molecular formula is C14H26N2O3S. The molecule has 20 heavy (non-hydrogen) atoms. The standard InChI is InChI=1S/C14H26N2O3S/c1-3-20-8-6-11(2)15-14(19)16-7-4-5-12(10-16)9-13(17)18/h11-12H,3-10H2,1-2H3,(H,15,19)(H,17,18). The molecule has 0 bridgehead atoms. The van der Waals surface area contributed by atoms with E-state index in [1.165, 1.54) is 0 Å². The van der Waals surface area contributed by atoms with Crippen LogP contribution in [0.3, 0.4) is 0 Å². The second-order valence-electron chi connectivity index (χ2n) is 5.39. The van der Waals surface area contributed by atoms with Gasteiger partial charge >= 0.3 is 12.0 Å². The molecule has 0 aromatic carbocycles. The van der Waals surface area contributed by atoms with Gasteiger partial charge in [-0.25, -0.2) is 4.79 Å². The Bertz CT molecular complexity index is 326. The summed E-state index contributed by atoms with van der Waals surface area (Å²) in [6, 6.07) is 0.121. The molecule has 116 valence electrons. The molecule has 1 saturated heterocycles. The maximum absolute atomic E-state index is 12.1. The molecule has 1 fully saturated rings. The van der Waals surface area contributed by atoms with Crippen LogP contribution in [0.5, 0.6) is 0 Å². The summed E-state index contributed by atoms with van der Waals surface area (Å²) in [5, 5.41) is 11.8. The van der Waals surface area contributed by atoms with Crippen LogP contribution < -0.4 is 5.32 Å². The van der Waals surface area contributed by atoms with E-state index >= 15 is 0 Å². The molecule has 0 spiro atoms. The van der Waals surface area contributed by atoms with Gasteiger partial charge in [0.15, 0.2) is 0 Å². The van der Waals surface area contributed by atoms with Gasteiger partial charge in [-0.05, 0) is 43.6 Å². The first-order valence-corrected chi connectivity index (χ1v) is 8.53. The number of rotatable bonds is 7. The monoisotopic (exact) mass is 302 g/mol. The fourth-order valence-corrected chi connectivity index (χ4v) is 3.25. The van der Waals surface area contributed by atoms with Gasteiger partial charge in [-0.3, -0.25) is 4.79 Å². The number of urea groups is 1. The lowest BCUT2D eigenvalue weighted by Crippen LogP contribution is -2.48. The van der Waals surface area contributed by atoms with Crippen LogP contribution in [-0.4, -0.2) is 52.6 Å². The van der Waals surface area contributed by atoms with E-state index in [-0.39, 0.29) is 24.4 Å². The van der Waals surface area contributed by atoms with E-state index in [4.69, 9.17) is 5.11 Å². The zero-order valence-electron chi connectivity index (χ0n) is 12.4. The number of aliphatic carboxylic acids is 1. The number of likely N-dealkylation sites (tertiary alicyclic amines) is 1. The highest BCUT2D eigenvalue weighted by molar-refractivity contribution is 7.99. The fourth-order valence-electron chi connectivity index (χ4n) is 2.44. The SMILES string of the molecule is CCSCCC(C)NC(=O)N1CCCC(CC(=O)O)C1. The number of nitrogens with one attached hydrogen (secondary N) is 1. The number of nitrogens with zero attached hydrogens (tertiary/aromatic N) is 1. The second kappa shape index (κ2) is 9.10. The molecule has 2 unspecified atom stereocenters. The summed E-state index contributed by atoms with van der Waals surface area (Å²) in [5.41, 5.74) is 0. The number of carbonyl (C=O) groups is 2. The molecule has 1 rings (SSSR count). The predicted molar refractivity (Wildman–Crippen MR) is 82.2 cm³/mol. The average Bonchev–Trinajstić information content (AvgIpc) is 2.38. The summed E-state index contributed by atoms with van der Waals surface area (Å²) in [4.78, 5) is 24.6. The van der Waals surface area contributed by atoms with Crippen LogP contribution in [0.4, 0.5) is 4.79 Å². The van der Waals surface area contributed by atoms with Crippen molar-refractivity contribution in [2.45, 2.75) is 45.6 Å². The van der Waals surface area contributed by atoms with Crippen molar-refractivity contribution in [1.82, 2.24) is 10.2 Å². The normalized spacial score (nSPS) is 20.5. The highest BCUT2D eigenvalue weighted by Crippen LogP contribution is 2.19. The van der Waals surface area contributed by atoms with E-state index in [1.54, 1.807) is 4.90 Å². The third-order valence-electron chi connectivity index (χ3n) is 3.54. The van der Waals surface area contributed by atoms with Gasteiger partial charge in [-0.1, -0.05) is 6.92 Å². The van der Waals surface area contributed by atoms with Crippen molar-refractivity contribution >= 4 is 23.8 Å². The molecule has 1 aliphatic rings. The van der Waals surface area contributed by atoms with Crippen LogP contribution in [0.25, 0.3) is 0 Å². The van der Waals surface area contributed by atoms with Crippen LogP contribution >= 0.6 is 11.8 Å². The van der Waals surface area contributed by atoms with E-state index < -0.39 is 5.97 Å². The van der Waals surface area contributed by atoms with Crippen LogP contribution in [0.1, 0.15) is 39.5 Å². The summed E-state index contributed by atoms with van der Waals surface area (Å²) >= 11 is 1.88. The van der Waals surface area contributed by atoms with Crippen LogP contribution in [0.15, 0.2) is 0 Å². The van der Waals surface area contributed by atoms with E-state index in [1.807, 2.05) is 18.7 Å². The summed E-state index contributed by atoms with van der Waals surface area (Å²) in [6.07, 6.45) is 2.92. The van der Waals surface area contributed by atoms with E-state index in [9.17, 15) is 9.59 Å². The molecule has 6 heteroatoms. The van der Waals surface area contributed by atoms with Gasteiger partial charge < -0.3 is 15.3 Å². The molecular weight excluding hydrogens is 276 g/mol. The molecule has 0 aliphatic carbocycles. The van der Waals surface area contributed by atoms with Crippen molar-refractivity contribution in [3.63, 3.8) is 0 Å². The minimum atomic E-state index is -0.776. The Balaban J connectivity index is 2.32. The van der Waals surface area contributed by atoms with Gasteiger partial charge in [-0.2, -0.15) is 11.8 Å². The van der Waals surface area contributed by atoms with Gasteiger partial charge in [-0.15, -0.1) is 0 Å². The summed E-state index contributed by atoms with van der Waals surface area (Å²) in [6.45, 7) is 5.45. The summed E-state index contributed by atoms with van der Waals surface area (Å²) in [5.74, 6) is 1.48. The van der Waals surface area contributed by atoms with Gasteiger partial charge in [0, 0.05) is 25.6 Å². The molecule has 0 aromatic heterocycles. The molecule has 2 atom stereocenters. The van der Waals surface area contributed by atoms with Gasteiger partial charge in [0.1, 0.15) is 0 Å². The molecule has 2 N–H and O–H groups in total. The smallest absolute Gasteiger partial charge is 0.317 e. The maximum atomic E-state index is 12.1. The van der Waals surface area contributed by atoms with Crippen molar-refractivity contribution in [2.24, 2.45) is 5.92 Å². The molecule has 1 aliphatic heterocycles. The first kappa shape index (κ1) is 17.1. The van der Waals surface area contributed by atoms with E-state index in [0.717, 1.165) is 37.3 Å². The first-order chi connectivity index (χ1) is 9.52. The molecule has 0 radical (unpaired) electrons. The van der Waals surface area contributed by atoms with Crippen molar-refractivity contribution < 1.29 is 14.7 Å². The Kier molecular flexibility index (Phi) is 7.80. The quantitative estimate of drug-likeness (QED) is 0.709. The van der Waals surface area contributed by atoms with Crippen molar-refractivity contribution in [2.75, 3.05) is 24.6 Å². The van der Waals surface area contributed by atoms with Crippen LogP contribution in [-0.2, 0) is 4.79 Å². The third kappa shape index (κ3) is 6.50. The lowest BCUT2D eigenvalue weighted by atomic mass is 9.95. The second-order valence-corrected chi connectivity index (χ2v) is 6.78. The fraction of sp³-hybridized carbons (Fsp3) is 0.857. The molecule has 0 aromatic rings. The number of hydrogen-bond donors (Lipinski definition) is 2. The molecule has 0 saturated carbocycles. The first-order valence-electron chi connectivity index (χ1n) is 7.37. The largest absolute Gasteiger partial charge is 0.481 e. The average molecular weight is 302 g/mol. The summed E-state index contributed by atoms with van der Waals surface area (Å²) in [7, 11) is 0. The maximum Gasteiger partial charge on any atom is 0.317 e. The van der Waals surface area contributed by atoms with Gasteiger partial charge in [0.05, 0.1) is 0 Å². The number of hydrogen-bond acceptors (Lipinski definition) is 3. The third-order valence-corrected chi connectivity index (χ3v) is 4.47. The molecule has 1 heterocycles. The van der Waals surface area contributed by atoms with Crippen LogP contribution in [0, 0.1) is 5.92 Å². The topological polar surface area (TPSA) is 69.6 Å². The van der Waals surface area contributed by atoms with Gasteiger partial charge in [0.2, 0.25) is 0 Å². The van der Waals surface area contributed by atoms with E-state index in [2.05, 4.69) is 12.2 Å². The van der Waals surface area contributed by atoms with Crippen LogP contribution in [0.2, 0.25) is 0 Å². The zero-order chi connectivity index (χ0) is 15.0. The summed E-state index contributed by atoms with van der Waals surface area (Å²) < 4.78 is 0. The predicted octanol–water partition coefficient (Wildman–Crippen LogP) is 2.41. The Hall–Kier alpha value is -0.910. The highest BCUT2D eigenvalue weighted by Gasteiger charge is 2.25. The Morgan fingerprint density at radius 2 is 2.25 bits per heavy atom. The minimum absolute atomic E-state index is 0.0471. The number of amides is 2. The Morgan fingerprint density at radius 1 is 1.50 bits per heavy atom.